The Morgan fingerprint density at radius 1 is 1.07 bits per heavy atom. The standard InChI is InChI=1S/C11H18N2O2/c1-12-8-2-4-9(5-3-8)13-10(14)6-7-11(13)15/h8-9,12H,2-7H2,1H3/t8-,9-. The van der Waals surface area contributed by atoms with E-state index in [4.69, 9.17) is 0 Å². The van der Waals surface area contributed by atoms with Crippen molar-refractivity contribution in [2.45, 2.75) is 50.6 Å². The van der Waals surface area contributed by atoms with E-state index in [1.165, 1.54) is 4.90 Å². The van der Waals surface area contributed by atoms with Gasteiger partial charge in [0.2, 0.25) is 11.8 Å². The summed E-state index contributed by atoms with van der Waals surface area (Å²) in [4.78, 5) is 24.6. The monoisotopic (exact) mass is 210 g/mol. The van der Waals surface area contributed by atoms with E-state index in [0.717, 1.165) is 25.7 Å². The van der Waals surface area contributed by atoms with Crippen LogP contribution in [0.25, 0.3) is 0 Å². The molecule has 1 aliphatic carbocycles. The van der Waals surface area contributed by atoms with Crippen molar-refractivity contribution in [2.24, 2.45) is 0 Å². The van der Waals surface area contributed by atoms with Crippen molar-refractivity contribution in [3.63, 3.8) is 0 Å². The number of amides is 2. The molecule has 1 N–H and O–H groups in total. The molecule has 1 aliphatic heterocycles. The molecule has 84 valence electrons. The van der Waals surface area contributed by atoms with Crippen LogP contribution < -0.4 is 5.32 Å². The molecule has 0 atom stereocenters. The van der Waals surface area contributed by atoms with Gasteiger partial charge in [-0.3, -0.25) is 14.5 Å². The minimum atomic E-state index is 0.0351. The SMILES string of the molecule is CN[C@H]1CC[C@H](N2C(=O)CCC2=O)CC1. The molecule has 2 fully saturated rings. The van der Waals surface area contributed by atoms with Gasteiger partial charge >= 0.3 is 0 Å². The van der Waals surface area contributed by atoms with Crippen LogP contribution in [0, 0.1) is 0 Å². The van der Waals surface area contributed by atoms with Crippen LogP contribution in [0.15, 0.2) is 0 Å². The number of imide groups is 1. The van der Waals surface area contributed by atoms with Crippen LogP contribution in [-0.2, 0) is 9.59 Å². The van der Waals surface area contributed by atoms with Gasteiger partial charge in [0, 0.05) is 24.9 Å². The molecule has 0 unspecified atom stereocenters. The number of nitrogens with one attached hydrogen (secondary N) is 1. The lowest BCUT2D eigenvalue weighted by molar-refractivity contribution is -0.141. The number of hydrogen-bond donors (Lipinski definition) is 1. The zero-order valence-electron chi connectivity index (χ0n) is 9.16. The first kappa shape index (κ1) is 10.6. The minimum absolute atomic E-state index is 0.0351. The predicted octanol–water partition coefficient (Wildman–Crippen LogP) is 0.666. The molecule has 0 spiro atoms. The van der Waals surface area contributed by atoms with Gasteiger partial charge in [-0.15, -0.1) is 0 Å². The number of rotatable bonds is 2. The molecule has 15 heavy (non-hydrogen) atoms. The lowest BCUT2D eigenvalue weighted by atomic mass is 9.90. The summed E-state index contributed by atoms with van der Waals surface area (Å²) < 4.78 is 0. The van der Waals surface area contributed by atoms with Crippen molar-refractivity contribution >= 4 is 11.8 Å². The fourth-order valence-corrected chi connectivity index (χ4v) is 2.62. The van der Waals surface area contributed by atoms with Gasteiger partial charge in [-0.25, -0.2) is 0 Å². The third-order valence-electron chi connectivity index (χ3n) is 3.56. The number of carbonyl (C=O) groups excluding carboxylic acids is 2. The van der Waals surface area contributed by atoms with Crippen LogP contribution in [-0.4, -0.2) is 35.8 Å². The molecular formula is C11H18N2O2. The zero-order chi connectivity index (χ0) is 10.8. The predicted molar refractivity (Wildman–Crippen MR) is 56.2 cm³/mol. The Balaban J connectivity index is 1.95. The van der Waals surface area contributed by atoms with Crippen molar-refractivity contribution < 1.29 is 9.59 Å². The molecular weight excluding hydrogens is 192 g/mol. The summed E-state index contributed by atoms with van der Waals surface area (Å²) in [5.41, 5.74) is 0. The van der Waals surface area contributed by atoms with E-state index in [0.29, 0.717) is 18.9 Å². The largest absolute Gasteiger partial charge is 0.317 e. The smallest absolute Gasteiger partial charge is 0.229 e. The second-order valence-electron chi connectivity index (χ2n) is 4.45. The van der Waals surface area contributed by atoms with E-state index in [2.05, 4.69) is 5.32 Å². The number of likely N-dealkylation sites (tertiary alicyclic amines) is 1. The molecule has 4 heteroatoms. The maximum absolute atomic E-state index is 11.5. The average Bonchev–Trinajstić information content (AvgIpc) is 2.59. The summed E-state index contributed by atoms with van der Waals surface area (Å²) in [6, 6.07) is 0.742. The highest BCUT2D eigenvalue weighted by Crippen LogP contribution is 2.27. The van der Waals surface area contributed by atoms with Crippen LogP contribution in [0.1, 0.15) is 38.5 Å². The Kier molecular flexibility index (Phi) is 3.05. The van der Waals surface area contributed by atoms with E-state index < -0.39 is 0 Å². The molecule has 2 amide bonds. The van der Waals surface area contributed by atoms with Crippen LogP contribution in [0.5, 0.6) is 0 Å². The summed E-state index contributed by atoms with van der Waals surface area (Å²) >= 11 is 0. The first-order chi connectivity index (χ1) is 7.22. The maximum atomic E-state index is 11.5. The summed E-state index contributed by atoms with van der Waals surface area (Å²) in [5.74, 6) is 0.0702. The van der Waals surface area contributed by atoms with Crippen LogP contribution in [0.4, 0.5) is 0 Å². The Bertz CT molecular complexity index is 254. The van der Waals surface area contributed by atoms with Gasteiger partial charge in [-0.1, -0.05) is 0 Å². The molecule has 1 saturated carbocycles. The fourth-order valence-electron chi connectivity index (χ4n) is 2.62. The Labute approximate surface area is 90.0 Å². The zero-order valence-corrected chi connectivity index (χ0v) is 9.16. The lowest BCUT2D eigenvalue weighted by Crippen LogP contribution is -2.44. The van der Waals surface area contributed by atoms with Gasteiger partial charge < -0.3 is 5.32 Å². The van der Waals surface area contributed by atoms with E-state index in [1.807, 2.05) is 7.05 Å². The van der Waals surface area contributed by atoms with Gasteiger partial charge in [0.25, 0.3) is 0 Å². The van der Waals surface area contributed by atoms with Crippen molar-refractivity contribution in [3.05, 3.63) is 0 Å². The molecule has 0 aromatic heterocycles. The highest BCUT2D eigenvalue weighted by molar-refractivity contribution is 6.02. The van der Waals surface area contributed by atoms with Crippen molar-refractivity contribution in [1.29, 1.82) is 0 Å². The Morgan fingerprint density at radius 3 is 2.07 bits per heavy atom. The van der Waals surface area contributed by atoms with Gasteiger partial charge in [-0.2, -0.15) is 0 Å². The second-order valence-corrected chi connectivity index (χ2v) is 4.45. The molecule has 1 heterocycles. The van der Waals surface area contributed by atoms with E-state index in [-0.39, 0.29) is 17.9 Å². The third-order valence-corrected chi connectivity index (χ3v) is 3.56. The molecule has 0 bridgehead atoms. The van der Waals surface area contributed by atoms with Crippen molar-refractivity contribution in [1.82, 2.24) is 10.2 Å². The Hall–Kier alpha value is -0.900. The quantitative estimate of drug-likeness (QED) is 0.681. The van der Waals surface area contributed by atoms with Crippen molar-refractivity contribution in [3.8, 4) is 0 Å². The second kappa shape index (κ2) is 4.31. The van der Waals surface area contributed by atoms with Crippen LogP contribution >= 0.6 is 0 Å². The van der Waals surface area contributed by atoms with Gasteiger partial charge in [0.15, 0.2) is 0 Å². The normalized spacial score (nSPS) is 32.5. The highest BCUT2D eigenvalue weighted by atomic mass is 16.2. The first-order valence-corrected chi connectivity index (χ1v) is 5.74. The van der Waals surface area contributed by atoms with Gasteiger partial charge in [-0.05, 0) is 32.7 Å². The molecule has 0 aromatic rings. The highest BCUT2D eigenvalue weighted by Gasteiger charge is 2.36. The van der Waals surface area contributed by atoms with E-state index in [1.54, 1.807) is 0 Å². The summed E-state index contributed by atoms with van der Waals surface area (Å²) in [5, 5.41) is 3.25. The number of nitrogens with zero attached hydrogens (tertiary/aromatic N) is 1. The fraction of sp³-hybridized carbons (Fsp3) is 0.818. The minimum Gasteiger partial charge on any atom is -0.317 e. The molecule has 4 nitrogen and oxygen atoms in total. The van der Waals surface area contributed by atoms with E-state index >= 15 is 0 Å². The summed E-state index contributed by atoms with van der Waals surface area (Å²) in [7, 11) is 1.97. The Morgan fingerprint density at radius 2 is 1.60 bits per heavy atom. The summed E-state index contributed by atoms with van der Waals surface area (Å²) in [6.07, 6.45) is 4.90. The van der Waals surface area contributed by atoms with Crippen molar-refractivity contribution in [2.75, 3.05) is 7.05 Å². The molecule has 0 radical (unpaired) electrons. The molecule has 1 saturated heterocycles. The lowest BCUT2D eigenvalue weighted by Gasteiger charge is -2.33. The average molecular weight is 210 g/mol. The number of carbonyl (C=O) groups is 2. The summed E-state index contributed by atoms with van der Waals surface area (Å²) in [6.45, 7) is 0. The maximum Gasteiger partial charge on any atom is 0.229 e. The molecule has 2 rings (SSSR count). The molecule has 0 aromatic carbocycles. The van der Waals surface area contributed by atoms with Gasteiger partial charge in [0.05, 0.1) is 0 Å². The van der Waals surface area contributed by atoms with Gasteiger partial charge in [0.1, 0.15) is 0 Å². The topological polar surface area (TPSA) is 49.4 Å². The number of hydrogen-bond acceptors (Lipinski definition) is 3. The molecule has 2 aliphatic rings. The van der Waals surface area contributed by atoms with E-state index in [9.17, 15) is 9.59 Å². The third kappa shape index (κ3) is 2.04. The van der Waals surface area contributed by atoms with Crippen LogP contribution in [0.2, 0.25) is 0 Å². The first-order valence-electron chi connectivity index (χ1n) is 5.74. The van der Waals surface area contributed by atoms with Crippen LogP contribution in [0.3, 0.4) is 0 Å².